The van der Waals surface area contributed by atoms with Crippen LogP contribution >= 0.6 is 23.1 Å². The number of fused-ring (bicyclic) bond motifs is 1. The number of ether oxygens (including phenoxy) is 3. The number of nitrogens with two attached hydrogens (primary N) is 2. The van der Waals surface area contributed by atoms with E-state index < -0.39 is 41.1 Å². The summed E-state index contributed by atoms with van der Waals surface area (Å²) >= 11 is 2.42. The van der Waals surface area contributed by atoms with Gasteiger partial charge in [-0.15, -0.1) is 23.1 Å². The molecule has 218 valence electrons. The smallest absolute Gasteiger partial charge is 0.404 e. The molecule has 0 saturated carbocycles. The number of amides is 3. The fraction of sp³-hybridized carbons (Fsp3) is 0.250. The van der Waals surface area contributed by atoms with E-state index >= 15 is 0 Å². The van der Waals surface area contributed by atoms with Crippen molar-refractivity contribution >= 4 is 52.1 Å². The Balaban J connectivity index is 1.44. The van der Waals surface area contributed by atoms with E-state index in [0.29, 0.717) is 27.5 Å². The molecule has 42 heavy (non-hydrogen) atoms. The molecule has 1 saturated heterocycles. The van der Waals surface area contributed by atoms with Gasteiger partial charge in [-0.25, -0.2) is 14.6 Å². The molecular weight excluding hydrogens is 582 g/mol. The number of hydrogen-bond acceptors (Lipinski definition) is 11. The van der Waals surface area contributed by atoms with Gasteiger partial charge in [0.05, 0.1) is 12.1 Å². The Kier molecular flexibility index (Phi) is 8.47. The molecule has 1 aromatic heterocycles. The quantitative estimate of drug-likeness (QED) is 0.176. The number of thiazole rings is 1. The van der Waals surface area contributed by atoms with Gasteiger partial charge < -0.3 is 31.0 Å². The molecule has 0 spiro atoms. The van der Waals surface area contributed by atoms with Gasteiger partial charge in [0.2, 0.25) is 5.91 Å². The summed E-state index contributed by atoms with van der Waals surface area (Å²) < 4.78 is 16.6. The van der Waals surface area contributed by atoms with Crippen LogP contribution in [0.25, 0.3) is 0 Å². The zero-order valence-electron chi connectivity index (χ0n) is 22.4. The van der Waals surface area contributed by atoms with Crippen LogP contribution in [-0.2, 0) is 35.0 Å². The standard InChI is InChI=1S/C28H27N5O7S2/c1-38-28(32-20(34)12-19-15-42-26(29)31-19)24(36)33-21(18(13-39-27(30)37)14-41-25(28)33)23(35)40-22(16-8-4-2-5-9-16)17-10-6-3-7-11-17/h2-11,15,22,25H,12-14H2,1H3,(H2,29,31)(H2,30,37)(H,32,34)/t25-,28-/m0/s1. The molecule has 14 heteroatoms. The SMILES string of the molecule is CO[C@@]1(NC(=O)Cc2csc(N)n2)C(=O)N2C(C(=O)OC(c3ccccc3)c3ccccc3)=C(COC(N)=O)CS[C@H]21. The van der Waals surface area contributed by atoms with Crippen LogP contribution in [0.5, 0.6) is 0 Å². The number of thioether (sulfide) groups is 1. The second-order valence-electron chi connectivity index (χ2n) is 9.35. The highest BCUT2D eigenvalue weighted by atomic mass is 32.2. The zero-order valence-corrected chi connectivity index (χ0v) is 24.0. The number of esters is 1. The maximum atomic E-state index is 13.9. The number of aromatic nitrogens is 1. The molecule has 5 rings (SSSR count). The number of benzene rings is 2. The van der Waals surface area contributed by atoms with Crippen LogP contribution in [0, 0.1) is 0 Å². The van der Waals surface area contributed by atoms with E-state index in [2.05, 4.69) is 10.3 Å². The first-order chi connectivity index (χ1) is 20.2. The van der Waals surface area contributed by atoms with E-state index in [1.54, 1.807) is 5.38 Å². The summed E-state index contributed by atoms with van der Waals surface area (Å²) in [5.74, 6) is -1.85. The minimum Gasteiger partial charge on any atom is -0.448 e. The van der Waals surface area contributed by atoms with Crippen LogP contribution in [0.4, 0.5) is 9.93 Å². The first kappa shape index (κ1) is 29.1. The van der Waals surface area contributed by atoms with Gasteiger partial charge in [0, 0.05) is 23.8 Å². The number of primary amides is 1. The Morgan fingerprint density at radius 3 is 2.31 bits per heavy atom. The van der Waals surface area contributed by atoms with E-state index in [1.807, 2.05) is 60.7 Å². The number of nitrogen functional groups attached to an aromatic ring is 1. The van der Waals surface area contributed by atoms with E-state index in [9.17, 15) is 19.2 Å². The summed E-state index contributed by atoms with van der Waals surface area (Å²) in [5, 5.41) is 3.83. The van der Waals surface area contributed by atoms with Gasteiger partial charge >= 0.3 is 12.1 Å². The molecule has 2 aliphatic rings. The number of carbonyl (C=O) groups excluding carboxylic acids is 4. The van der Waals surface area contributed by atoms with Crippen molar-refractivity contribution in [3.05, 3.63) is 94.1 Å². The molecule has 2 atom stereocenters. The van der Waals surface area contributed by atoms with Crippen molar-refractivity contribution in [3.8, 4) is 0 Å². The van der Waals surface area contributed by atoms with Crippen molar-refractivity contribution in [1.82, 2.24) is 15.2 Å². The Hall–Kier alpha value is -4.40. The van der Waals surface area contributed by atoms with E-state index in [0.717, 1.165) is 0 Å². The van der Waals surface area contributed by atoms with E-state index in [1.165, 1.54) is 35.1 Å². The lowest BCUT2D eigenvalue weighted by Crippen LogP contribution is -2.80. The summed E-state index contributed by atoms with van der Waals surface area (Å²) in [6.07, 6.45) is -1.96. The summed E-state index contributed by atoms with van der Waals surface area (Å²) in [6.45, 7) is -0.331. The van der Waals surface area contributed by atoms with Gasteiger partial charge in [0.15, 0.2) is 11.2 Å². The molecule has 3 heterocycles. The number of anilines is 1. The Morgan fingerprint density at radius 2 is 1.76 bits per heavy atom. The normalized spacial score (nSPS) is 19.6. The highest BCUT2D eigenvalue weighted by molar-refractivity contribution is 8.00. The lowest BCUT2D eigenvalue weighted by molar-refractivity contribution is -0.193. The topological polar surface area (TPSA) is 176 Å². The molecule has 0 radical (unpaired) electrons. The van der Waals surface area contributed by atoms with Crippen LogP contribution in [0.1, 0.15) is 22.9 Å². The minimum absolute atomic E-state index is 0.101. The van der Waals surface area contributed by atoms with Crippen molar-refractivity contribution < 1.29 is 33.4 Å². The Labute approximate surface area is 249 Å². The van der Waals surface area contributed by atoms with Crippen molar-refractivity contribution in [2.24, 2.45) is 5.73 Å². The van der Waals surface area contributed by atoms with Crippen LogP contribution in [-0.4, -0.2) is 64.3 Å². The van der Waals surface area contributed by atoms with Crippen molar-refractivity contribution in [3.63, 3.8) is 0 Å². The van der Waals surface area contributed by atoms with Gasteiger partial charge in [0.1, 0.15) is 17.7 Å². The lowest BCUT2D eigenvalue weighted by Gasteiger charge is -2.56. The molecule has 5 N–H and O–H groups in total. The zero-order chi connectivity index (χ0) is 29.9. The molecular formula is C28H27N5O7S2. The largest absolute Gasteiger partial charge is 0.448 e. The number of carbonyl (C=O) groups is 4. The predicted octanol–water partition coefficient (Wildman–Crippen LogP) is 2.32. The summed E-state index contributed by atoms with van der Waals surface area (Å²) in [4.78, 5) is 57.2. The van der Waals surface area contributed by atoms with Crippen LogP contribution in [0.15, 0.2) is 77.3 Å². The molecule has 2 aliphatic heterocycles. The fourth-order valence-corrected chi connectivity index (χ4v) is 6.75. The second kappa shape index (κ2) is 12.2. The van der Waals surface area contributed by atoms with E-state index in [4.69, 9.17) is 25.7 Å². The van der Waals surface area contributed by atoms with Gasteiger partial charge in [-0.2, -0.15) is 0 Å². The maximum absolute atomic E-state index is 13.9. The number of β-lactam (4-membered cyclic amide) rings is 1. The number of methoxy groups -OCH3 is 1. The highest BCUT2D eigenvalue weighted by Crippen LogP contribution is 2.47. The minimum atomic E-state index is -1.75. The average Bonchev–Trinajstić information content (AvgIpc) is 3.41. The van der Waals surface area contributed by atoms with Crippen LogP contribution < -0.4 is 16.8 Å². The molecule has 0 unspecified atom stereocenters. The molecule has 0 aliphatic carbocycles. The van der Waals surface area contributed by atoms with Gasteiger partial charge in [-0.1, -0.05) is 60.7 Å². The first-order valence-corrected chi connectivity index (χ1v) is 14.6. The molecule has 2 aromatic carbocycles. The van der Waals surface area contributed by atoms with Gasteiger partial charge in [-0.05, 0) is 11.1 Å². The molecule has 3 aromatic rings. The monoisotopic (exact) mass is 609 g/mol. The van der Waals surface area contributed by atoms with Crippen molar-refractivity contribution in [2.45, 2.75) is 23.6 Å². The summed E-state index contributed by atoms with van der Waals surface area (Å²) in [7, 11) is 1.30. The molecule has 12 nitrogen and oxygen atoms in total. The summed E-state index contributed by atoms with van der Waals surface area (Å²) in [5.41, 5.74) is 11.2. The second-order valence-corrected chi connectivity index (χ2v) is 11.3. The third kappa shape index (κ3) is 5.68. The average molecular weight is 610 g/mol. The molecule has 3 amide bonds. The Bertz CT molecular complexity index is 1490. The fourth-order valence-electron chi connectivity index (χ4n) is 4.77. The van der Waals surface area contributed by atoms with Crippen molar-refractivity contribution in [1.29, 1.82) is 0 Å². The molecule has 1 fully saturated rings. The Morgan fingerprint density at radius 1 is 1.12 bits per heavy atom. The molecule has 0 bridgehead atoms. The van der Waals surface area contributed by atoms with Crippen molar-refractivity contribution in [2.75, 3.05) is 25.2 Å². The van der Waals surface area contributed by atoms with E-state index in [-0.39, 0.29) is 24.5 Å². The van der Waals surface area contributed by atoms with Gasteiger partial charge in [-0.3, -0.25) is 14.5 Å². The maximum Gasteiger partial charge on any atom is 0.404 e. The third-order valence-electron chi connectivity index (χ3n) is 6.68. The predicted molar refractivity (Wildman–Crippen MR) is 155 cm³/mol. The lowest BCUT2D eigenvalue weighted by atomic mass is 9.97. The van der Waals surface area contributed by atoms with Gasteiger partial charge in [0.25, 0.3) is 11.6 Å². The number of hydrogen-bond donors (Lipinski definition) is 3. The first-order valence-electron chi connectivity index (χ1n) is 12.7. The number of nitrogens with zero attached hydrogens (tertiary/aromatic N) is 2. The third-order valence-corrected chi connectivity index (χ3v) is 8.78. The summed E-state index contributed by atoms with van der Waals surface area (Å²) in [6, 6.07) is 18.3. The van der Waals surface area contributed by atoms with Crippen LogP contribution in [0.3, 0.4) is 0 Å². The number of nitrogens with one attached hydrogen (secondary N) is 1. The number of rotatable bonds is 10. The highest BCUT2D eigenvalue weighted by Gasteiger charge is 2.66. The van der Waals surface area contributed by atoms with Crippen LogP contribution in [0.2, 0.25) is 0 Å².